The van der Waals surface area contributed by atoms with Crippen molar-refractivity contribution >= 4 is 11.4 Å². The summed E-state index contributed by atoms with van der Waals surface area (Å²) < 4.78 is 9.13. The third-order valence-corrected chi connectivity index (χ3v) is 5.08. The molecule has 6 nitrogen and oxygen atoms in total. The monoisotopic (exact) mass is 352 g/mol. The molecule has 0 aromatic carbocycles. The minimum atomic E-state index is -0.0905. The van der Waals surface area contributed by atoms with Crippen LogP contribution in [0.15, 0.2) is 42.7 Å². The maximum Gasteiger partial charge on any atom is 0.253 e. The van der Waals surface area contributed by atoms with Crippen LogP contribution in [0.4, 0.5) is 0 Å². The number of aromatic nitrogens is 3. The Kier molecular flexibility index (Phi) is 4.75. The van der Waals surface area contributed by atoms with Gasteiger partial charge in [-0.15, -0.1) is 0 Å². The van der Waals surface area contributed by atoms with Crippen molar-refractivity contribution in [3.8, 4) is 11.4 Å². The fraction of sp³-hybridized carbons (Fsp3) is 0.400. The van der Waals surface area contributed by atoms with Crippen molar-refractivity contribution in [2.75, 3.05) is 20.3 Å². The number of ether oxygens (including phenoxy) is 1. The highest BCUT2D eigenvalue weighted by Crippen LogP contribution is 2.31. The number of carbonyl (C=O) groups excluding carboxylic acids is 1. The van der Waals surface area contributed by atoms with Crippen LogP contribution in [-0.2, 0) is 4.74 Å². The van der Waals surface area contributed by atoms with E-state index in [-0.39, 0.29) is 5.91 Å². The van der Waals surface area contributed by atoms with Gasteiger partial charge in [0.05, 0.1) is 29.4 Å². The van der Waals surface area contributed by atoms with Gasteiger partial charge in [-0.25, -0.2) is 0 Å². The highest BCUT2D eigenvalue weighted by atomic mass is 16.5. The van der Waals surface area contributed by atoms with E-state index in [1.54, 1.807) is 7.11 Å². The minimum Gasteiger partial charge on any atom is -0.383 e. The molecule has 3 aromatic rings. The van der Waals surface area contributed by atoms with Crippen LogP contribution in [0.5, 0.6) is 0 Å². The van der Waals surface area contributed by atoms with Crippen LogP contribution in [0.3, 0.4) is 0 Å². The molecule has 1 N–H and O–H groups in total. The van der Waals surface area contributed by atoms with Gasteiger partial charge in [-0.2, -0.15) is 5.10 Å². The summed E-state index contributed by atoms with van der Waals surface area (Å²) in [4.78, 5) is 12.6. The first kappa shape index (κ1) is 16.8. The van der Waals surface area contributed by atoms with Gasteiger partial charge in [-0.1, -0.05) is 18.9 Å². The molecular weight excluding hydrogens is 328 g/mol. The largest absolute Gasteiger partial charge is 0.383 e. The van der Waals surface area contributed by atoms with Gasteiger partial charge in [-0.05, 0) is 37.1 Å². The second-order valence-corrected chi connectivity index (χ2v) is 6.77. The molecule has 136 valence electrons. The SMILES string of the molecule is COCCNC(=O)c1cc(-c2ccn(C3CCCC3)n2)n2ccccc12. The van der Waals surface area contributed by atoms with Crippen LogP contribution in [0.1, 0.15) is 42.1 Å². The summed E-state index contributed by atoms with van der Waals surface area (Å²) in [5, 5.41) is 7.71. The Morgan fingerprint density at radius 2 is 2.12 bits per heavy atom. The van der Waals surface area contributed by atoms with Crippen LogP contribution in [0.2, 0.25) is 0 Å². The van der Waals surface area contributed by atoms with E-state index in [0.717, 1.165) is 16.9 Å². The summed E-state index contributed by atoms with van der Waals surface area (Å²) in [6, 6.07) is 10.4. The number of nitrogens with one attached hydrogen (secondary N) is 1. The highest BCUT2D eigenvalue weighted by molar-refractivity contribution is 6.02. The standard InChI is InChI=1S/C20H24N4O2/c1-26-13-10-21-20(25)16-14-19(23-11-5-4-8-18(16)23)17-9-12-24(22-17)15-6-2-3-7-15/h4-5,8-9,11-12,14-15H,2-3,6-7,10,13H2,1H3,(H,21,25). The van der Waals surface area contributed by atoms with Crippen molar-refractivity contribution in [2.24, 2.45) is 0 Å². The normalized spacial score (nSPS) is 15.0. The molecular formula is C20H24N4O2. The van der Waals surface area contributed by atoms with E-state index in [9.17, 15) is 4.79 Å². The molecule has 0 unspecified atom stereocenters. The molecule has 1 fully saturated rings. The lowest BCUT2D eigenvalue weighted by Crippen LogP contribution is -2.26. The van der Waals surface area contributed by atoms with E-state index < -0.39 is 0 Å². The number of pyridine rings is 1. The number of nitrogens with zero attached hydrogens (tertiary/aromatic N) is 3. The van der Waals surface area contributed by atoms with Crippen LogP contribution >= 0.6 is 0 Å². The molecule has 0 atom stereocenters. The Morgan fingerprint density at radius 1 is 1.27 bits per heavy atom. The second kappa shape index (κ2) is 7.33. The van der Waals surface area contributed by atoms with Crippen molar-refractivity contribution in [2.45, 2.75) is 31.7 Å². The summed E-state index contributed by atoms with van der Waals surface area (Å²) in [6.45, 7) is 0.987. The average Bonchev–Trinajstić information content (AvgIpc) is 3.39. The van der Waals surface area contributed by atoms with E-state index in [2.05, 4.69) is 16.2 Å². The Labute approximate surface area is 152 Å². The van der Waals surface area contributed by atoms with E-state index in [4.69, 9.17) is 9.84 Å². The molecule has 0 aliphatic heterocycles. The van der Waals surface area contributed by atoms with E-state index >= 15 is 0 Å². The van der Waals surface area contributed by atoms with Gasteiger partial charge < -0.3 is 14.5 Å². The fourth-order valence-corrected chi connectivity index (χ4v) is 3.74. The van der Waals surface area contributed by atoms with E-state index in [1.165, 1.54) is 25.7 Å². The fourth-order valence-electron chi connectivity index (χ4n) is 3.74. The Balaban J connectivity index is 1.68. The Morgan fingerprint density at radius 3 is 2.92 bits per heavy atom. The third kappa shape index (κ3) is 3.12. The lowest BCUT2D eigenvalue weighted by atomic mass is 10.2. The van der Waals surface area contributed by atoms with Crippen LogP contribution in [0, 0.1) is 0 Å². The van der Waals surface area contributed by atoms with E-state index in [0.29, 0.717) is 24.8 Å². The predicted molar refractivity (Wildman–Crippen MR) is 100 cm³/mol. The number of fused-ring (bicyclic) bond motifs is 1. The molecule has 4 rings (SSSR count). The smallest absolute Gasteiger partial charge is 0.253 e. The van der Waals surface area contributed by atoms with Crippen molar-refractivity contribution in [1.82, 2.24) is 19.5 Å². The number of rotatable bonds is 6. The molecule has 1 aliphatic carbocycles. The summed E-state index contributed by atoms with van der Waals surface area (Å²) in [5.41, 5.74) is 3.38. The van der Waals surface area contributed by atoms with E-state index in [1.807, 2.05) is 40.9 Å². The Hall–Kier alpha value is -2.60. The number of methoxy groups -OCH3 is 1. The molecule has 3 heterocycles. The van der Waals surface area contributed by atoms with Crippen LogP contribution < -0.4 is 5.32 Å². The summed E-state index contributed by atoms with van der Waals surface area (Å²) in [5.74, 6) is -0.0905. The zero-order valence-electron chi connectivity index (χ0n) is 15.0. The van der Waals surface area contributed by atoms with Gasteiger partial charge >= 0.3 is 0 Å². The summed E-state index contributed by atoms with van der Waals surface area (Å²) in [7, 11) is 1.62. The number of hydrogen-bond donors (Lipinski definition) is 1. The van der Waals surface area contributed by atoms with Crippen LogP contribution in [-0.4, -0.2) is 40.3 Å². The van der Waals surface area contributed by atoms with Gasteiger partial charge in [-0.3, -0.25) is 9.48 Å². The highest BCUT2D eigenvalue weighted by Gasteiger charge is 2.20. The van der Waals surface area contributed by atoms with Gasteiger partial charge in [0.1, 0.15) is 5.69 Å². The molecule has 1 aliphatic rings. The number of amides is 1. The number of hydrogen-bond acceptors (Lipinski definition) is 3. The molecule has 6 heteroatoms. The van der Waals surface area contributed by atoms with Gasteiger partial charge in [0.25, 0.3) is 5.91 Å². The molecule has 1 saturated carbocycles. The van der Waals surface area contributed by atoms with Gasteiger partial charge in [0.2, 0.25) is 0 Å². The molecule has 3 aromatic heterocycles. The lowest BCUT2D eigenvalue weighted by Gasteiger charge is -2.08. The topological polar surface area (TPSA) is 60.6 Å². The zero-order valence-corrected chi connectivity index (χ0v) is 15.0. The van der Waals surface area contributed by atoms with Crippen LogP contribution in [0.25, 0.3) is 16.9 Å². The maximum absolute atomic E-state index is 12.6. The first-order valence-corrected chi connectivity index (χ1v) is 9.20. The number of carbonyl (C=O) groups is 1. The predicted octanol–water partition coefficient (Wildman–Crippen LogP) is 3.29. The molecule has 1 amide bonds. The molecule has 0 bridgehead atoms. The first-order chi connectivity index (χ1) is 12.8. The summed E-state index contributed by atoms with van der Waals surface area (Å²) >= 11 is 0. The third-order valence-electron chi connectivity index (χ3n) is 5.08. The Bertz CT molecular complexity index is 906. The van der Waals surface area contributed by atoms with Crippen molar-refractivity contribution in [3.63, 3.8) is 0 Å². The quantitative estimate of drug-likeness (QED) is 0.693. The molecule has 0 radical (unpaired) electrons. The van der Waals surface area contributed by atoms with Gasteiger partial charge in [0, 0.05) is 26.0 Å². The van der Waals surface area contributed by atoms with Crippen molar-refractivity contribution in [3.05, 3.63) is 48.3 Å². The second-order valence-electron chi connectivity index (χ2n) is 6.77. The summed E-state index contributed by atoms with van der Waals surface area (Å²) in [6.07, 6.45) is 8.99. The van der Waals surface area contributed by atoms with Gasteiger partial charge in [0.15, 0.2) is 0 Å². The minimum absolute atomic E-state index is 0.0905. The first-order valence-electron chi connectivity index (χ1n) is 9.20. The zero-order chi connectivity index (χ0) is 17.9. The van der Waals surface area contributed by atoms with Crippen molar-refractivity contribution < 1.29 is 9.53 Å². The molecule has 0 spiro atoms. The average molecular weight is 352 g/mol. The maximum atomic E-state index is 12.6. The lowest BCUT2D eigenvalue weighted by molar-refractivity contribution is 0.0939. The van der Waals surface area contributed by atoms with Crippen molar-refractivity contribution in [1.29, 1.82) is 0 Å². The molecule has 26 heavy (non-hydrogen) atoms. The molecule has 0 saturated heterocycles.